The van der Waals surface area contributed by atoms with Crippen molar-refractivity contribution in [3.05, 3.63) is 88.6 Å². The van der Waals surface area contributed by atoms with Crippen molar-refractivity contribution in [1.29, 1.82) is 0 Å². The lowest BCUT2D eigenvalue weighted by atomic mass is 9.97. The van der Waals surface area contributed by atoms with E-state index in [9.17, 15) is 9.59 Å². The van der Waals surface area contributed by atoms with Crippen molar-refractivity contribution in [3.63, 3.8) is 0 Å². The predicted molar refractivity (Wildman–Crippen MR) is 130 cm³/mol. The van der Waals surface area contributed by atoms with Crippen LogP contribution in [0, 0.1) is 20.8 Å². The maximum Gasteiger partial charge on any atom is 0.282 e. The third kappa shape index (κ3) is 4.07. The number of para-hydroxylation sites is 1. The van der Waals surface area contributed by atoms with E-state index in [1.807, 2.05) is 57.2 Å². The van der Waals surface area contributed by atoms with E-state index in [1.165, 1.54) is 4.90 Å². The monoisotopic (exact) mass is 442 g/mol. The standard InChI is InChI=1S/C27H26N2O4/c1-16-10-11-22(18(3)12-16)24-25(28-19-13-20(32-4)15-21(14-19)33-5)27(31)29(26(24)30)23-9-7-6-8-17(23)2/h6-15,28H,1-5H3. The maximum atomic E-state index is 13.7. The van der Waals surface area contributed by atoms with Crippen molar-refractivity contribution in [2.45, 2.75) is 20.8 Å². The van der Waals surface area contributed by atoms with Gasteiger partial charge in [-0.1, -0.05) is 42.0 Å². The quantitative estimate of drug-likeness (QED) is 0.543. The molecule has 0 aliphatic carbocycles. The molecule has 4 rings (SSSR count). The molecule has 33 heavy (non-hydrogen) atoms. The molecule has 0 saturated heterocycles. The van der Waals surface area contributed by atoms with Crippen LogP contribution in [-0.2, 0) is 9.59 Å². The zero-order valence-electron chi connectivity index (χ0n) is 19.4. The van der Waals surface area contributed by atoms with E-state index in [4.69, 9.17) is 9.47 Å². The molecule has 0 spiro atoms. The van der Waals surface area contributed by atoms with Gasteiger partial charge >= 0.3 is 0 Å². The van der Waals surface area contributed by atoms with E-state index < -0.39 is 5.91 Å². The Labute approximate surface area is 193 Å². The highest BCUT2D eigenvalue weighted by Gasteiger charge is 2.41. The first-order chi connectivity index (χ1) is 15.8. The number of rotatable bonds is 6. The van der Waals surface area contributed by atoms with Gasteiger partial charge in [0.15, 0.2) is 0 Å². The molecule has 1 heterocycles. The van der Waals surface area contributed by atoms with Crippen LogP contribution in [0.3, 0.4) is 0 Å². The first kappa shape index (κ1) is 22.1. The summed E-state index contributed by atoms with van der Waals surface area (Å²) in [5.41, 5.74) is 5.24. The predicted octanol–water partition coefficient (Wildman–Crippen LogP) is 5.03. The number of nitrogens with one attached hydrogen (secondary N) is 1. The third-order valence-corrected chi connectivity index (χ3v) is 5.71. The van der Waals surface area contributed by atoms with E-state index in [0.29, 0.717) is 34.0 Å². The maximum absolute atomic E-state index is 13.7. The van der Waals surface area contributed by atoms with Gasteiger partial charge in [-0.05, 0) is 43.5 Å². The van der Waals surface area contributed by atoms with E-state index >= 15 is 0 Å². The number of nitrogens with zero attached hydrogens (tertiary/aromatic N) is 1. The van der Waals surface area contributed by atoms with Crippen LogP contribution in [0.5, 0.6) is 11.5 Å². The Bertz CT molecular complexity index is 1270. The second kappa shape index (κ2) is 8.82. The molecule has 1 aliphatic heterocycles. The van der Waals surface area contributed by atoms with Crippen molar-refractivity contribution < 1.29 is 19.1 Å². The van der Waals surface area contributed by atoms with Crippen LogP contribution in [-0.4, -0.2) is 26.0 Å². The number of ether oxygens (including phenoxy) is 2. The van der Waals surface area contributed by atoms with Crippen LogP contribution >= 0.6 is 0 Å². The molecule has 168 valence electrons. The van der Waals surface area contributed by atoms with Gasteiger partial charge in [-0.2, -0.15) is 0 Å². The molecule has 6 heteroatoms. The van der Waals surface area contributed by atoms with Gasteiger partial charge < -0.3 is 14.8 Å². The van der Waals surface area contributed by atoms with E-state index in [-0.39, 0.29) is 11.6 Å². The zero-order chi connectivity index (χ0) is 23.7. The second-order valence-corrected chi connectivity index (χ2v) is 8.03. The number of benzene rings is 3. The Morgan fingerprint density at radius 3 is 2.03 bits per heavy atom. The summed E-state index contributed by atoms with van der Waals surface area (Å²) in [7, 11) is 3.12. The summed E-state index contributed by atoms with van der Waals surface area (Å²) in [6.07, 6.45) is 0. The number of aryl methyl sites for hydroxylation is 3. The Morgan fingerprint density at radius 2 is 1.42 bits per heavy atom. The van der Waals surface area contributed by atoms with Gasteiger partial charge in [-0.15, -0.1) is 0 Å². The minimum Gasteiger partial charge on any atom is -0.497 e. The van der Waals surface area contributed by atoms with Crippen LogP contribution in [0.2, 0.25) is 0 Å². The Morgan fingerprint density at radius 1 is 0.758 bits per heavy atom. The topological polar surface area (TPSA) is 67.9 Å². The fourth-order valence-corrected chi connectivity index (χ4v) is 4.05. The van der Waals surface area contributed by atoms with Crippen molar-refractivity contribution >= 4 is 28.8 Å². The molecule has 0 saturated carbocycles. The lowest BCUT2D eigenvalue weighted by Gasteiger charge is -2.18. The minimum atomic E-state index is -0.411. The number of hydrogen-bond acceptors (Lipinski definition) is 5. The normalized spacial score (nSPS) is 13.5. The molecule has 1 N–H and O–H groups in total. The molecule has 1 aliphatic rings. The summed E-state index contributed by atoms with van der Waals surface area (Å²) in [6.45, 7) is 5.81. The van der Waals surface area contributed by atoms with E-state index in [1.54, 1.807) is 38.5 Å². The highest BCUT2D eigenvalue weighted by molar-refractivity contribution is 6.46. The van der Waals surface area contributed by atoms with Crippen LogP contribution < -0.4 is 19.7 Å². The summed E-state index contributed by atoms with van der Waals surface area (Å²) in [5.74, 6) is 0.362. The Balaban J connectivity index is 1.88. The van der Waals surface area contributed by atoms with Gasteiger partial charge in [0.05, 0.1) is 25.5 Å². The van der Waals surface area contributed by atoms with Crippen LogP contribution in [0.25, 0.3) is 5.57 Å². The molecule has 0 unspecified atom stereocenters. The van der Waals surface area contributed by atoms with Gasteiger partial charge in [0.1, 0.15) is 17.2 Å². The Hall–Kier alpha value is -4.06. The molecule has 2 amide bonds. The minimum absolute atomic E-state index is 0.213. The molecular weight excluding hydrogens is 416 g/mol. The zero-order valence-corrected chi connectivity index (χ0v) is 19.4. The molecule has 0 bridgehead atoms. The number of amides is 2. The number of hydrogen-bond donors (Lipinski definition) is 1. The molecular formula is C27H26N2O4. The lowest BCUT2D eigenvalue weighted by molar-refractivity contribution is -0.120. The van der Waals surface area contributed by atoms with Crippen LogP contribution in [0.1, 0.15) is 22.3 Å². The summed E-state index contributed by atoms with van der Waals surface area (Å²) in [4.78, 5) is 28.6. The highest BCUT2D eigenvalue weighted by atomic mass is 16.5. The molecule has 6 nitrogen and oxygen atoms in total. The van der Waals surface area contributed by atoms with Crippen molar-refractivity contribution in [3.8, 4) is 11.5 Å². The van der Waals surface area contributed by atoms with Gasteiger partial charge in [0, 0.05) is 23.9 Å². The molecule has 0 radical (unpaired) electrons. The van der Waals surface area contributed by atoms with Gasteiger partial charge in [0.2, 0.25) is 0 Å². The number of carbonyl (C=O) groups excluding carboxylic acids is 2. The number of carbonyl (C=O) groups is 2. The molecule has 0 fully saturated rings. The molecule has 3 aromatic rings. The van der Waals surface area contributed by atoms with Gasteiger partial charge in [-0.25, -0.2) is 4.90 Å². The van der Waals surface area contributed by atoms with Gasteiger partial charge in [0.25, 0.3) is 11.8 Å². The molecule has 3 aromatic carbocycles. The van der Waals surface area contributed by atoms with Gasteiger partial charge in [-0.3, -0.25) is 9.59 Å². The van der Waals surface area contributed by atoms with Crippen LogP contribution in [0.15, 0.2) is 66.4 Å². The van der Waals surface area contributed by atoms with Crippen molar-refractivity contribution in [2.24, 2.45) is 0 Å². The summed E-state index contributed by atoms with van der Waals surface area (Å²) in [5, 5.41) is 3.19. The molecule has 0 atom stereocenters. The number of methoxy groups -OCH3 is 2. The average Bonchev–Trinajstić information content (AvgIpc) is 3.03. The lowest BCUT2D eigenvalue weighted by Crippen LogP contribution is -2.33. The van der Waals surface area contributed by atoms with Crippen molar-refractivity contribution in [1.82, 2.24) is 0 Å². The third-order valence-electron chi connectivity index (χ3n) is 5.71. The fourth-order valence-electron chi connectivity index (χ4n) is 4.05. The van der Waals surface area contributed by atoms with E-state index in [2.05, 4.69) is 5.32 Å². The van der Waals surface area contributed by atoms with E-state index in [0.717, 1.165) is 16.7 Å². The smallest absolute Gasteiger partial charge is 0.282 e. The number of imide groups is 1. The largest absolute Gasteiger partial charge is 0.497 e. The molecule has 0 aromatic heterocycles. The summed E-state index contributed by atoms with van der Waals surface area (Å²) >= 11 is 0. The highest BCUT2D eigenvalue weighted by Crippen LogP contribution is 2.37. The number of anilines is 2. The fraction of sp³-hybridized carbons (Fsp3) is 0.185. The summed E-state index contributed by atoms with van der Waals surface area (Å²) < 4.78 is 10.7. The SMILES string of the molecule is COc1cc(NC2=C(c3ccc(C)cc3C)C(=O)N(c3ccccc3C)C2=O)cc(OC)c1. The Kier molecular flexibility index (Phi) is 5.92. The first-order valence-corrected chi connectivity index (χ1v) is 10.6. The van der Waals surface area contributed by atoms with Crippen LogP contribution in [0.4, 0.5) is 11.4 Å². The summed E-state index contributed by atoms with van der Waals surface area (Å²) in [6, 6.07) is 18.4. The van der Waals surface area contributed by atoms with Crippen molar-refractivity contribution in [2.75, 3.05) is 24.4 Å². The second-order valence-electron chi connectivity index (χ2n) is 8.03. The first-order valence-electron chi connectivity index (χ1n) is 10.6. The average molecular weight is 443 g/mol.